The van der Waals surface area contributed by atoms with E-state index in [1.54, 1.807) is 22.6 Å². The van der Waals surface area contributed by atoms with E-state index in [4.69, 9.17) is 9.72 Å². The van der Waals surface area contributed by atoms with E-state index in [0.29, 0.717) is 42.0 Å². The minimum absolute atomic E-state index is 0.167. The summed E-state index contributed by atoms with van der Waals surface area (Å²) in [6.07, 6.45) is 0.572. The van der Waals surface area contributed by atoms with E-state index in [-0.39, 0.29) is 11.6 Å². The van der Waals surface area contributed by atoms with Gasteiger partial charge in [-0.3, -0.25) is 9.36 Å². The fourth-order valence-electron chi connectivity index (χ4n) is 3.74. The van der Waals surface area contributed by atoms with Crippen LogP contribution in [0.2, 0.25) is 0 Å². The second kappa shape index (κ2) is 10.5. The number of nitrogens with one attached hydrogen (secondary N) is 1. The molecular weight excluding hydrogens is 484 g/mol. The average Bonchev–Trinajstić information content (AvgIpc) is 2.76. The number of ether oxygens (including phenoxy) is 1. The standard InChI is InChI=1S/C25H31BrN4O3/c1-6-21(29(15-16-33-5)24(32)28-25(2,3)4)22-27-20-10-8-7-9-19(20)23(31)30(22)18-13-11-17(26)12-14-18/h7-14,21H,6,15-16H2,1-5H3,(H,28,32). The van der Waals surface area contributed by atoms with Crippen LogP contribution in [0.15, 0.2) is 57.8 Å². The van der Waals surface area contributed by atoms with E-state index >= 15 is 0 Å². The van der Waals surface area contributed by atoms with Gasteiger partial charge >= 0.3 is 6.03 Å². The number of hydrogen-bond donors (Lipinski definition) is 1. The fourth-order valence-corrected chi connectivity index (χ4v) is 4.00. The molecule has 7 nitrogen and oxygen atoms in total. The molecule has 8 heteroatoms. The van der Waals surface area contributed by atoms with Gasteiger partial charge in [0.25, 0.3) is 5.56 Å². The van der Waals surface area contributed by atoms with Gasteiger partial charge in [-0.05, 0) is 63.6 Å². The number of carbonyl (C=O) groups is 1. The van der Waals surface area contributed by atoms with Crippen LogP contribution in [-0.2, 0) is 4.74 Å². The number of fused-ring (bicyclic) bond motifs is 1. The topological polar surface area (TPSA) is 76.5 Å². The van der Waals surface area contributed by atoms with Crippen LogP contribution in [0, 0.1) is 0 Å². The first-order valence-electron chi connectivity index (χ1n) is 11.0. The quantitative estimate of drug-likeness (QED) is 0.478. The summed E-state index contributed by atoms with van der Waals surface area (Å²) in [6, 6.07) is 14.1. The molecule has 0 aliphatic carbocycles. The molecule has 0 radical (unpaired) electrons. The highest BCUT2D eigenvalue weighted by molar-refractivity contribution is 9.10. The molecule has 2 aromatic carbocycles. The van der Waals surface area contributed by atoms with Gasteiger partial charge in [0, 0.05) is 23.7 Å². The summed E-state index contributed by atoms with van der Waals surface area (Å²) in [7, 11) is 1.60. The highest BCUT2D eigenvalue weighted by Crippen LogP contribution is 2.27. The van der Waals surface area contributed by atoms with Crippen molar-refractivity contribution in [1.82, 2.24) is 19.8 Å². The third kappa shape index (κ3) is 5.81. The van der Waals surface area contributed by atoms with Crippen molar-refractivity contribution in [2.45, 2.75) is 45.7 Å². The van der Waals surface area contributed by atoms with Gasteiger partial charge < -0.3 is 15.0 Å². The molecule has 3 rings (SSSR count). The van der Waals surface area contributed by atoms with Crippen LogP contribution >= 0.6 is 15.9 Å². The molecule has 176 valence electrons. The molecule has 0 fully saturated rings. The maximum Gasteiger partial charge on any atom is 0.318 e. The summed E-state index contributed by atoms with van der Waals surface area (Å²) in [5.74, 6) is 0.517. The van der Waals surface area contributed by atoms with E-state index in [1.165, 1.54) is 0 Å². The molecule has 0 saturated carbocycles. The Bertz CT molecular complexity index is 1170. The summed E-state index contributed by atoms with van der Waals surface area (Å²) in [4.78, 5) is 33.6. The maximum absolute atomic E-state index is 13.7. The second-order valence-corrected chi connectivity index (χ2v) is 9.81. The van der Waals surface area contributed by atoms with Crippen molar-refractivity contribution in [3.8, 4) is 5.69 Å². The van der Waals surface area contributed by atoms with E-state index < -0.39 is 11.6 Å². The van der Waals surface area contributed by atoms with E-state index in [2.05, 4.69) is 21.2 Å². The average molecular weight is 515 g/mol. The number of nitrogens with zero attached hydrogens (tertiary/aromatic N) is 3. The lowest BCUT2D eigenvalue weighted by Gasteiger charge is -2.34. The van der Waals surface area contributed by atoms with Crippen molar-refractivity contribution in [3.05, 3.63) is 69.2 Å². The van der Waals surface area contributed by atoms with Gasteiger partial charge in [-0.15, -0.1) is 0 Å². The molecule has 1 unspecified atom stereocenters. The number of para-hydroxylation sites is 1. The van der Waals surface area contributed by atoms with Gasteiger partial charge in [0.2, 0.25) is 0 Å². The molecule has 33 heavy (non-hydrogen) atoms. The SMILES string of the molecule is CCC(c1nc2ccccc2c(=O)n1-c1ccc(Br)cc1)N(CCOC)C(=O)NC(C)(C)C. The molecule has 0 aliphatic rings. The first-order chi connectivity index (χ1) is 15.7. The number of carbonyl (C=O) groups excluding carboxylic acids is 1. The Balaban J connectivity index is 2.24. The molecule has 0 aliphatic heterocycles. The lowest BCUT2D eigenvalue weighted by atomic mass is 10.1. The molecule has 1 atom stereocenters. The zero-order valence-electron chi connectivity index (χ0n) is 19.8. The van der Waals surface area contributed by atoms with Crippen LogP contribution in [0.3, 0.4) is 0 Å². The third-order valence-electron chi connectivity index (χ3n) is 5.23. The van der Waals surface area contributed by atoms with Crippen LogP contribution in [0.5, 0.6) is 0 Å². The van der Waals surface area contributed by atoms with Gasteiger partial charge in [-0.25, -0.2) is 9.78 Å². The minimum atomic E-state index is -0.441. The smallest absolute Gasteiger partial charge is 0.318 e. The molecule has 1 aromatic heterocycles. The molecule has 0 bridgehead atoms. The number of rotatable bonds is 7. The van der Waals surface area contributed by atoms with Crippen LogP contribution in [0.25, 0.3) is 16.6 Å². The summed E-state index contributed by atoms with van der Waals surface area (Å²) >= 11 is 3.46. The van der Waals surface area contributed by atoms with Gasteiger partial charge in [0.15, 0.2) is 0 Å². The van der Waals surface area contributed by atoms with Crippen LogP contribution in [0.1, 0.15) is 46.0 Å². The lowest BCUT2D eigenvalue weighted by molar-refractivity contribution is 0.120. The van der Waals surface area contributed by atoms with Crippen LogP contribution in [0.4, 0.5) is 4.79 Å². The molecule has 2 amide bonds. The molecule has 0 saturated heterocycles. The number of urea groups is 1. The van der Waals surface area contributed by atoms with E-state index in [9.17, 15) is 9.59 Å². The van der Waals surface area contributed by atoms with Crippen molar-refractivity contribution in [1.29, 1.82) is 0 Å². The zero-order valence-corrected chi connectivity index (χ0v) is 21.3. The third-order valence-corrected chi connectivity index (χ3v) is 5.76. The Morgan fingerprint density at radius 3 is 2.45 bits per heavy atom. The number of hydrogen-bond acceptors (Lipinski definition) is 4. The predicted molar refractivity (Wildman–Crippen MR) is 135 cm³/mol. The van der Waals surface area contributed by atoms with Gasteiger partial charge in [-0.1, -0.05) is 35.0 Å². The van der Waals surface area contributed by atoms with Gasteiger partial charge in [0.1, 0.15) is 5.82 Å². The number of halogens is 1. The summed E-state index contributed by atoms with van der Waals surface area (Å²) in [5, 5.41) is 3.57. The normalized spacial score (nSPS) is 12.5. The van der Waals surface area contributed by atoms with Gasteiger partial charge in [-0.2, -0.15) is 0 Å². The highest BCUT2D eigenvalue weighted by Gasteiger charge is 2.30. The van der Waals surface area contributed by atoms with E-state index in [0.717, 1.165) is 4.47 Å². The fraction of sp³-hybridized carbons (Fsp3) is 0.400. The molecule has 1 N–H and O–H groups in total. The van der Waals surface area contributed by atoms with Crippen LogP contribution < -0.4 is 10.9 Å². The maximum atomic E-state index is 13.7. The first kappa shape index (κ1) is 24.9. The number of methoxy groups -OCH3 is 1. The number of benzene rings is 2. The Hall–Kier alpha value is -2.71. The Kier molecular flexibility index (Phi) is 7.92. The van der Waals surface area contributed by atoms with Gasteiger partial charge in [0.05, 0.1) is 29.2 Å². The Morgan fingerprint density at radius 2 is 1.85 bits per heavy atom. The van der Waals surface area contributed by atoms with Crippen molar-refractivity contribution >= 4 is 32.9 Å². The second-order valence-electron chi connectivity index (χ2n) is 8.89. The monoisotopic (exact) mass is 514 g/mol. The molecule has 3 aromatic rings. The highest BCUT2D eigenvalue weighted by atomic mass is 79.9. The minimum Gasteiger partial charge on any atom is -0.383 e. The zero-order chi connectivity index (χ0) is 24.2. The van der Waals surface area contributed by atoms with Crippen molar-refractivity contribution in [2.24, 2.45) is 0 Å². The van der Waals surface area contributed by atoms with E-state index in [1.807, 2.05) is 70.2 Å². The predicted octanol–water partition coefficient (Wildman–Crippen LogP) is 5.06. The van der Waals surface area contributed by atoms with Crippen molar-refractivity contribution < 1.29 is 9.53 Å². The summed E-state index contributed by atoms with van der Waals surface area (Å²) < 4.78 is 7.82. The van der Waals surface area contributed by atoms with Crippen LogP contribution in [-0.4, -0.2) is 46.3 Å². The number of amides is 2. The largest absolute Gasteiger partial charge is 0.383 e. The lowest BCUT2D eigenvalue weighted by Crippen LogP contribution is -2.51. The molecule has 1 heterocycles. The summed E-state index contributed by atoms with van der Waals surface area (Å²) in [5.41, 5.74) is 0.715. The molecular formula is C25H31BrN4O3. The number of aromatic nitrogens is 2. The van der Waals surface area contributed by atoms with Crippen molar-refractivity contribution in [2.75, 3.05) is 20.3 Å². The first-order valence-corrected chi connectivity index (χ1v) is 11.8. The molecule has 0 spiro atoms. The summed E-state index contributed by atoms with van der Waals surface area (Å²) in [6.45, 7) is 8.53. The Labute approximate surface area is 202 Å². The van der Waals surface area contributed by atoms with Crippen molar-refractivity contribution in [3.63, 3.8) is 0 Å². The Morgan fingerprint density at radius 1 is 1.18 bits per heavy atom.